The molecule has 10 heavy (non-hydrogen) atoms. The Bertz CT molecular complexity index is 208. The molecule has 0 aromatic carbocycles. The molecule has 0 aliphatic carbocycles. The van der Waals surface area contributed by atoms with Crippen molar-refractivity contribution in [2.75, 3.05) is 20.6 Å². The van der Waals surface area contributed by atoms with E-state index in [9.17, 15) is 8.42 Å². The molecule has 0 rings (SSSR count). The highest BCUT2D eigenvalue weighted by Gasteiger charge is 1.94. The van der Waals surface area contributed by atoms with Gasteiger partial charge in [0.2, 0.25) is 0 Å². The lowest BCUT2D eigenvalue weighted by Gasteiger charge is -2.02. The third-order valence-corrected chi connectivity index (χ3v) is 1.56. The first-order valence-electron chi connectivity index (χ1n) is 2.68. The smallest absolute Gasteiger partial charge is 0.254 e. The number of halogens is 1. The third kappa shape index (κ3) is 7.94. The van der Waals surface area contributed by atoms with Crippen LogP contribution < -0.4 is 0 Å². The zero-order valence-electron chi connectivity index (χ0n) is 5.91. The van der Waals surface area contributed by atoms with E-state index in [0.717, 1.165) is 5.41 Å². The molecule has 0 aliphatic rings. The van der Waals surface area contributed by atoms with E-state index in [1.54, 1.807) is 0 Å². The first kappa shape index (κ1) is 9.94. The van der Waals surface area contributed by atoms with Crippen LogP contribution in [0, 0.1) is 0 Å². The molecule has 5 heteroatoms. The second kappa shape index (κ2) is 3.95. The number of rotatable bonds is 3. The summed E-state index contributed by atoms with van der Waals surface area (Å²) in [4.78, 5) is 1.83. The van der Waals surface area contributed by atoms with Crippen LogP contribution in [0.2, 0.25) is 0 Å². The first-order valence-corrected chi connectivity index (χ1v) is 5.05. The molecule has 0 N–H and O–H groups in total. The van der Waals surface area contributed by atoms with Gasteiger partial charge >= 0.3 is 0 Å². The van der Waals surface area contributed by atoms with E-state index in [1.807, 2.05) is 19.0 Å². The molecule has 0 unspecified atom stereocenters. The Kier molecular flexibility index (Phi) is 3.93. The van der Waals surface area contributed by atoms with Crippen molar-refractivity contribution in [1.29, 1.82) is 0 Å². The molecule has 0 heterocycles. The van der Waals surface area contributed by atoms with Crippen molar-refractivity contribution in [3.8, 4) is 0 Å². The minimum atomic E-state index is -3.45. The standard InChI is InChI=1S/C5H10ClNO2S/c1-7(2)4-3-5-10(6,8)9/h3,5H,4H2,1-2H3/b5-3-. The lowest BCUT2D eigenvalue weighted by atomic mass is 10.6. The highest BCUT2D eigenvalue weighted by atomic mass is 35.7. The van der Waals surface area contributed by atoms with E-state index < -0.39 is 9.05 Å². The van der Waals surface area contributed by atoms with Crippen molar-refractivity contribution in [3.63, 3.8) is 0 Å². The fraction of sp³-hybridized carbons (Fsp3) is 0.600. The van der Waals surface area contributed by atoms with Crippen molar-refractivity contribution in [2.45, 2.75) is 0 Å². The minimum Gasteiger partial charge on any atom is -0.306 e. The normalized spacial score (nSPS) is 13.2. The average molecular weight is 184 g/mol. The Hall–Kier alpha value is -0.0600. The Morgan fingerprint density at radius 3 is 2.30 bits per heavy atom. The first-order chi connectivity index (χ1) is 4.42. The monoisotopic (exact) mass is 183 g/mol. The maximum absolute atomic E-state index is 10.3. The Labute approximate surface area is 65.7 Å². The largest absolute Gasteiger partial charge is 0.306 e. The van der Waals surface area contributed by atoms with Crippen LogP contribution in [-0.2, 0) is 9.05 Å². The molecule has 0 saturated heterocycles. The molecule has 0 amide bonds. The molecule has 0 saturated carbocycles. The Balaban J connectivity index is 3.80. The number of likely N-dealkylation sites (N-methyl/N-ethyl adjacent to an activating group) is 1. The predicted octanol–water partition coefficient (Wildman–Crippen LogP) is 0.630. The maximum atomic E-state index is 10.3. The van der Waals surface area contributed by atoms with Crippen molar-refractivity contribution in [2.24, 2.45) is 0 Å². The molecular formula is C5H10ClNO2S. The molecule has 0 atom stereocenters. The fourth-order valence-corrected chi connectivity index (χ4v) is 0.903. The van der Waals surface area contributed by atoms with Crippen LogP contribution >= 0.6 is 10.7 Å². The predicted molar refractivity (Wildman–Crippen MR) is 42.5 cm³/mol. The van der Waals surface area contributed by atoms with Gasteiger partial charge in [-0.2, -0.15) is 0 Å². The van der Waals surface area contributed by atoms with E-state index in [2.05, 4.69) is 0 Å². The van der Waals surface area contributed by atoms with Crippen LogP contribution in [0.25, 0.3) is 0 Å². The van der Waals surface area contributed by atoms with Gasteiger partial charge in [-0.05, 0) is 14.1 Å². The number of hydrogen-bond donors (Lipinski definition) is 0. The third-order valence-electron chi connectivity index (χ3n) is 0.729. The SMILES string of the molecule is CN(C)C/C=C\S(=O)(=O)Cl. The van der Waals surface area contributed by atoms with Gasteiger partial charge in [-0.25, -0.2) is 8.42 Å². The van der Waals surface area contributed by atoms with Crippen molar-refractivity contribution >= 4 is 19.7 Å². The lowest BCUT2D eigenvalue weighted by Crippen LogP contribution is -2.10. The van der Waals surface area contributed by atoms with Crippen LogP contribution in [0.1, 0.15) is 0 Å². The van der Waals surface area contributed by atoms with Gasteiger partial charge in [0.05, 0.1) is 0 Å². The summed E-state index contributed by atoms with van der Waals surface area (Å²) in [6.07, 6.45) is 1.49. The van der Waals surface area contributed by atoms with Gasteiger partial charge in [0.1, 0.15) is 0 Å². The van der Waals surface area contributed by atoms with Gasteiger partial charge in [-0.1, -0.05) is 6.08 Å². The van der Waals surface area contributed by atoms with Crippen molar-refractivity contribution < 1.29 is 8.42 Å². The van der Waals surface area contributed by atoms with Crippen LogP contribution in [0.15, 0.2) is 11.5 Å². The molecule has 0 spiro atoms. The average Bonchev–Trinajstić information content (AvgIpc) is 1.59. The lowest BCUT2D eigenvalue weighted by molar-refractivity contribution is 0.456. The fourth-order valence-electron chi connectivity index (χ4n) is 0.369. The summed E-state index contributed by atoms with van der Waals surface area (Å²) in [5.74, 6) is 0. The summed E-state index contributed by atoms with van der Waals surface area (Å²) in [6, 6.07) is 0. The van der Waals surface area contributed by atoms with Crippen LogP contribution in [0.5, 0.6) is 0 Å². The second-order valence-corrected chi connectivity index (χ2v) is 4.62. The molecule has 0 aromatic heterocycles. The zero-order valence-corrected chi connectivity index (χ0v) is 7.48. The quantitative estimate of drug-likeness (QED) is 0.603. The Morgan fingerprint density at radius 2 is 2.00 bits per heavy atom. The minimum absolute atomic E-state index is 0.575. The van der Waals surface area contributed by atoms with Crippen molar-refractivity contribution in [3.05, 3.63) is 11.5 Å². The van der Waals surface area contributed by atoms with Gasteiger partial charge in [-0.3, -0.25) is 0 Å². The number of hydrogen-bond acceptors (Lipinski definition) is 3. The molecule has 0 aliphatic heterocycles. The van der Waals surface area contributed by atoms with Gasteiger partial charge in [-0.15, -0.1) is 0 Å². The molecular weight excluding hydrogens is 174 g/mol. The van der Waals surface area contributed by atoms with Gasteiger partial charge in [0.15, 0.2) is 0 Å². The van der Waals surface area contributed by atoms with E-state index in [-0.39, 0.29) is 0 Å². The van der Waals surface area contributed by atoms with Gasteiger partial charge in [0.25, 0.3) is 9.05 Å². The van der Waals surface area contributed by atoms with E-state index >= 15 is 0 Å². The van der Waals surface area contributed by atoms with Crippen LogP contribution in [-0.4, -0.2) is 34.0 Å². The molecule has 3 nitrogen and oxygen atoms in total. The molecule has 60 valence electrons. The topological polar surface area (TPSA) is 37.4 Å². The molecule has 0 aromatic rings. The molecule has 0 bridgehead atoms. The second-order valence-electron chi connectivity index (χ2n) is 2.11. The summed E-state index contributed by atoms with van der Waals surface area (Å²) in [7, 11) is 5.11. The van der Waals surface area contributed by atoms with Gasteiger partial charge < -0.3 is 4.90 Å². The van der Waals surface area contributed by atoms with Crippen molar-refractivity contribution in [1.82, 2.24) is 4.90 Å². The van der Waals surface area contributed by atoms with E-state index in [0.29, 0.717) is 6.54 Å². The summed E-state index contributed by atoms with van der Waals surface area (Å²) < 4.78 is 20.5. The molecule has 0 radical (unpaired) electrons. The van der Waals surface area contributed by atoms with E-state index in [4.69, 9.17) is 10.7 Å². The molecule has 0 fully saturated rings. The summed E-state index contributed by atoms with van der Waals surface area (Å²) in [5, 5.41) is 0.981. The highest BCUT2D eigenvalue weighted by Crippen LogP contribution is 1.96. The Morgan fingerprint density at radius 1 is 1.50 bits per heavy atom. The van der Waals surface area contributed by atoms with Gasteiger partial charge in [0, 0.05) is 22.6 Å². The number of nitrogens with zero attached hydrogens (tertiary/aromatic N) is 1. The van der Waals surface area contributed by atoms with Crippen LogP contribution in [0.4, 0.5) is 0 Å². The zero-order chi connectivity index (χ0) is 8.20. The summed E-state index contributed by atoms with van der Waals surface area (Å²) in [6.45, 7) is 0.575. The maximum Gasteiger partial charge on any atom is 0.254 e. The van der Waals surface area contributed by atoms with Crippen LogP contribution in [0.3, 0.4) is 0 Å². The summed E-state index contributed by atoms with van der Waals surface area (Å²) >= 11 is 0. The summed E-state index contributed by atoms with van der Waals surface area (Å²) in [5.41, 5.74) is 0. The van der Waals surface area contributed by atoms with E-state index in [1.165, 1.54) is 6.08 Å². The highest BCUT2D eigenvalue weighted by molar-refractivity contribution is 8.16.